The van der Waals surface area contributed by atoms with Gasteiger partial charge in [-0.25, -0.2) is 4.79 Å². The number of carboxylic acids is 1. The van der Waals surface area contributed by atoms with E-state index in [0.29, 0.717) is 25.0 Å². The Kier molecular flexibility index (Phi) is 11.1. The van der Waals surface area contributed by atoms with Gasteiger partial charge in [-0.2, -0.15) is 11.8 Å². The topological polar surface area (TPSA) is 196 Å². The minimum Gasteiger partial charge on any atom is -0.480 e. The molecule has 2 amide bonds. The van der Waals surface area contributed by atoms with E-state index in [1.807, 2.05) is 13.2 Å². The predicted octanol–water partition coefficient (Wildman–Crippen LogP) is 1.94. The smallest absolute Gasteiger partial charge is 0.326 e. The van der Waals surface area contributed by atoms with E-state index in [4.69, 9.17) is 4.74 Å². The first-order valence-corrected chi connectivity index (χ1v) is 17.6. The summed E-state index contributed by atoms with van der Waals surface area (Å²) in [4.78, 5) is 74.1. The SMILES string of the molecule is CSCCC(NC(=O)C(C)NC(=O)CCC(=O)OCC(=O)C1(O)CCC2C3CCC4=CC(=O)CCC4(C)C3C(O)CC21C)C(=O)O. The van der Waals surface area contributed by atoms with Crippen LogP contribution in [0.5, 0.6) is 0 Å². The van der Waals surface area contributed by atoms with E-state index in [-0.39, 0.29) is 61.1 Å². The maximum absolute atomic E-state index is 13.5. The van der Waals surface area contributed by atoms with Gasteiger partial charge in [0.05, 0.1) is 12.5 Å². The lowest BCUT2D eigenvalue weighted by molar-refractivity contribution is -0.184. The molecule has 0 aromatic heterocycles. The number of Topliss-reactive ketones (excluding diaryl/α,β-unsaturated/α-hetero) is 1. The summed E-state index contributed by atoms with van der Waals surface area (Å²) < 4.78 is 5.18. The van der Waals surface area contributed by atoms with Gasteiger partial charge in [0.2, 0.25) is 17.6 Å². The van der Waals surface area contributed by atoms with Crippen LogP contribution in [0.15, 0.2) is 11.6 Å². The van der Waals surface area contributed by atoms with E-state index in [2.05, 4.69) is 17.6 Å². The van der Waals surface area contributed by atoms with Crippen LogP contribution in [0.3, 0.4) is 0 Å². The summed E-state index contributed by atoms with van der Waals surface area (Å²) in [6.45, 7) is 4.72. The number of amides is 2. The average Bonchev–Trinajstić information content (AvgIpc) is 3.27. The second-order valence-corrected chi connectivity index (χ2v) is 15.0. The number of hydrogen-bond donors (Lipinski definition) is 5. The fraction of sp³-hybridized carbons (Fsp3) is 0.758. The van der Waals surface area contributed by atoms with Gasteiger partial charge in [-0.15, -0.1) is 0 Å². The molecule has 0 aromatic rings. The molecule has 0 bridgehead atoms. The molecule has 0 spiro atoms. The summed E-state index contributed by atoms with van der Waals surface area (Å²) in [6.07, 6.45) is 6.05. The molecule has 0 aromatic carbocycles. The van der Waals surface area contributed by atoms with Crippen LogP contribution in [0, 0.1) is 28.6 Å². The lowest BCUT2D eigenvalue weighted by atomic mass is 9.45. The van der Waals surface area contributed by atoms with Crippen LogP contribution in [0.4, 0.5) is 0 Å². The lowest BCUT2D eigenvalue weighted by Gasteiger charge is -2.60. The minimum atomic E-state index is -1.78. The largest absolute Gasteiger partial charge is 0.480 e. The van der Waals surface area contributed by atoms with Gasteiger partial charge in [0.25, 0.3) is 0 Å². The van der Waals surface area contributed by atoms with Gasteiger partial charge in [-0.1, -0.05) is 19.4 Å². The Labute approximate surface area is 273 Å². The van der Waals surface area contributed by atoms with Gasteiger partial charge >= 0.3 is 11.9 Å². The molecule has 256 valence electrons. The van der Waals surface area contributed by atoms with Gasteiger partial charge in [0, 0.05) is 18.3 Å². The van der Waals surface area contributed by atoms with Crippen molar-refractivity contribution in [3.63, 3.8) is 0 Å². The standard InChI is InChI=1S/C33H48N2O10S/c1-18(29(41)35-23(30(42)43)11-14-46-4)34-26(39)7-8-27(40)45-17-25(38)33(44)13-10-22-21-6-5-19-15-20(36)9-12-31(19,2)28(21)24(37)16-32(22,33)3/h15,18,21-24,28,37,44H,5-14,16-17H2,1-4H3,(H,34,39)(H,35,41)(H,42,43). The number of carbonyl (C=O) groups excluding carboxylic acids is 5. The van der Waals surface area contributed by atoms with Crippen molar-refractivity contribution in [1.82, 2.24) is 10.6 Å². The summed E-state index contributed by atoms with van der Waals surface area (Å²) in [5, 5.41) is 37.5. The third-order valence-corrected chi connectivity index (χ3v) is 12.1. The Bertz CT molecular complexity index is 1290. The Morgan fingerprint density at radius 2 is 1.80 bits per heavy atom. The highest BCUT2D eigenvalue weighted by Crippen LogP contribution is 2.67. The Hall–Kier alpha value is -2.77. The number of nitrogens with one attached hydrogen (secondary N) is 2. The van der Waals surface area contributed by atoms with Crippen LogP contribution in [-0.2, 0) is 33.5 Å². The molecule has 0 aliphatic heterocycles. The van der Waals surface area contributed by atoms with Gasteiger partial charge in [0.1, 0.15) is 17.7 Å². The van der Waals surface area contributed by atoms with Crippen molar-refractivity contribution < 1.29 is 48.8 Å². The summed E-state index contributed by atoms with van der Waals surface area (Å²) in [7, 11) is 0. The number of carbonyl (C=O) groups is 6. The number of esters is 1. The first-order chi connectivity index (χ1) is 21.6. The fourth-order valence-electron chi connectivity index (χ4n) is 8.87. The maximum atomic E-state index is 13.5. The van der Waals surface area contributed by atoms with Crippen LogP contribution in [-0.4, -0.2) is 93.0 Å². The molecule has 4 aliphatic carbocycles. The highest BCUT2D eigenvalue weighted by molar-refractivity contribution is 7.98. The number of rotatable bonds is 13. The summed E-state index contributed by atoms with van der Waals surface area (Å²) >= 11 is 1.44. The summed E-state index contributed by atoms with van der Waals surface area (Å²) in [5.41, 5.74) is -1.89. The second kappa shape index (κ2) is 14.1. The quantitative estimate of drug-likeness (QED) is 0.181. The lowest BCUT2D eigenvalue weighted by Crippen LogP contribution is -2.62. The molecule has 4 rings (SSSR count). The number of aliphatic hydroxyl groups excluding tert-OH is 1. The molecule has 5 N–H and O–H groups in total. The molecule has 13 heteroatoms. The number of fused-ring (bicyclic) bond motifs is 5. The van der Waals surface area contributed by atoms with Crippen molar-refractivity contribution in [2.24, 2.45) is 28.6 Å². The van der Waals surface area contributed by atoms with Gasteiger partial charge in [-0.3, -0.25) is 24.0 Å². The molecule has 9 atom stereocenters. The maximum Gasteiger partial charge on any atom is 0.326 e. The van der Waals surface area contributed by atoms with Crippen LogP contribution >= 0.6 is 11.8 Å². The van der Waals surface area contributed by atoms with E-state index in [1.165, 1.54) is 18.7 Å². The third kappa shape index (κ3) is 6.92. The number of hydrogen-bond acceptors (Lipinski definition) is 10. The van der Waals surface area contributed by atoms with E-state index < -0.39 is 65.3 Å². The summed E-state index contributed by atoms with van der Waals surface area (Å²) in [6, 6.07) is -2.12. The number of ether oxygens (including phenoxy) is 1. The number of thioether (sulfide) groups is 1. The molecule has 9 unspecified atom stereocenters. The molecule has 46 heavy (non-hydrogen) atoms. The van der Waals surface area contributed by atoms with Crippen molar-refractivity contribution in [3.8, 4) is 0 Å². The van der Waals surface area contributed by atoms with Crippen molar-refractivity contribution in [1.29, 1.82) is 0 Å². The number of carboxylic acid groups (broad SMARTS) is 1. The third-order valence-electron chi connectivity index (χ3n) is 11.4. The molecule has 0 heterocycles. The Morgan fingerprint density at radius 1 is 1.09 bits per heavy atom. The second-order valence-electron chi connectivity index (χ2n) is 14.0. The van der Waals surface area contributed by atoms with E-state index in [9.17, 15) is 44.1 Å². The van der Waals surface area contributed by atoms with Crippen molar-refractivity contribution >= 4 is 47.1 Å². The molecule has 3 saturated carbocycles. The number of aliphatic carboxylic acids is 1. The van der Waals surface area contributed by atoms with Crippen LogP contribution in [0.25, 0.3) is 0 Å². The van der Waals surface area contributed by atoms with E-state index >= 15 is 0 Å². The molecule has 0 radical (unpaired) electrons. The summed E-state index contributed by atoms with van der Waals surface area (Å²) in [5.74, 6) is -3.25. The molecular formula is C33H48N2O10S. The van der Waals surface area contributed by atoms with Crippen LogP contribution in [0.2, 0.25) is 0 Å². The van der Waals surface area contributed by atoms with Gasteiger partial charge in [0.15, 0.2) is 12.4 Å². The number of ketones is 2. The highest BCUT2D eigenvalue weighted by atomic mass is 32.2. The Balaban J connectivity index is 1.28. The Morgan fingerprint density at radius 3 is 2.48 bits per heavy atom. The van der Waals surface area contributed by atoms with E-state index in [1.54, 1.807) is 6.08 Å². The highest BCUT2D eigenvalue weighted by Gasteiger charge is 2.68. The van der Waals surface area contributed by atoms with Crippen molar-refractivity contribution in [2.45, 2.75) is 109 Å². The molecular weight excluding hydrogens is 616 g/mol. The fourth-order valence-corrected chi connectivity index (χ4v) is 9.34. The zero-order valence-electron chi connectivity index (χ0n) is 27.1. The average molecular weight is 665 g/mol. The van der Waals surface area contributed by atoms with E-state index in [0.717, 1.165) is 18.4 Å². The molecule has 12 nitrogen and oxygen atoms in total. The zero-order valence-corrected chi connectivity index (χ0v) is 28.0. The van der Waals surface area contributed by atoms with Gasteiger partial charge < -0.3 is 30.7 Å². The normalized spacial score (nSPS) is 34.6. The van der Waals surface area contributed by atoms with Crippen molar-refractivity contribution in [3.05, 3.63) is 11.6 Å². The van der Waals surface area contributed by atoms with Gasteiger partial charge in [-0.05, 0) is 93.1 Å². The van der Waals surface area contributed by atoms with Crippen LogP contribution in [0.1, 0.15) is 85.0 Å². The van der Waals surface area contributed by atoms with Crippen molar-refractivity contribution in [2.75, 3.05) is 18.6 Å². The molecule has 4 aliphatic rings. The monoisotopic (exact) mass is 664 g/mol. The molecule has 3 fully saturated rings. The number of allylic oxidation sites excluding steroid dienone is 1. The first-order valence-electron chi connectivity index (χ1n) is 16.2. The molecule has 0 saturated heterocycles. The number of aliphatic hydroxyl groups is 2. The predicted molar refractivity (Wildman–Crippen MR) is 168 cm³/mol. The minimum absolute atomic E-state index is 0.0132. The van der Waals surface area contributed by atoms with Crippen LogP contribution < -0.4 is 10.6 Å². The first kappa shape index (κ1) is 36.1. The zero-order chi connectivity index (χ0) is 34.0.